The van der Waals surface area contributed by atoms with Gasteiger partial charge in [-0.1, -0.05) is 11.6 Å². The predicted molar refractivity (Wildman–Crippen MR) is 106 cm³/mol. The van der Waals surface area contributed by atoms with Crippen LogP contribution in [0.4, 0.5) is 0 Å². The summed E-state index contributed by atoms with van der Waals surface area (Å²) < 4.78 is 5.87. The van der Waals surface area contributed by atoms with Gasteiger partial charge >= 0.3 is 0 Å². The molecule has 0 saturated carbocycles. The van der Waals surface area contributed by atoms with Crippen molar-refractivity contribution < 1.29 is 9.21 Å². The Balaban J connectivity index is 1.46. The molecule has 1 fully saturated rings. The number of hydrogen-bond donors (Lipinski definition) is 1. The number of likely N-dealkylation sites (tertiary alicyclic amines) is 1. The van der Waals surface area contributed by atoms with Gasteiger partial charge in [-0.2, -0.15) is 5.10 Å². The zero-order valence-corrected chi connectivity index (χ0v) is 16.3. The largest absolute Gasteiger partial charge is 0.451 e. The van der Waals surface area contributed by atoms with E-state index >= 15 is 0 Å². The van der Waals surface area contributed by atoms with Crippen LogP contribution in [-0.2, 0) is 0 Å². The first-order valence-electron chi connectivity index (χ1n) is 9.30. The normalized spacial score (nSPS) is 16.6. The molecule has 4 heterocycles. The molecule has 1 aliphatic rings. The van der Waals surface area contributed by atoms with Gasteiger partial charge in [0.2, 0.25) is 5.82 Å². The van der Waals surface area contributed by atoms with Gasteiger partial charge in [0.05, 0.1) is 12.2 Å². The number of aryl methyl sites for hydroxylation is 1. The zero-order chi connectivity index (χ0) is 20.0. The number of aromatic amines is 1. The van der Waals surface area contributed by atoms with E-state index in [1.165, 1.54) is 0 Å². The summed E-state index contributed by atoms with van der Waals surface area (Å²) in [4.78, 5) is 27.9. The molecule has 0 radical (unpaired) electrons. The lowest BCUT2D eigenvalue weighted by Crippen LogP contribution is -2.31. The molecular formula is C20H17ClN6O2. The van der Waals surface area contributed by atoms with Crippen molar-refractivity contribution in [3.63, 3.8) is 0 Å². The molecule has 0 bridgehead atoms. The van der Waals surface area contributed by atoms with Crippen molar-refractivity contribution in [2.45, 2.75) is 25.8 Å². The lowest BCUT2D eigenvalue weighted by Gasteiger charge is -2.22. The lowest BCUT2D eigenvalue weighted by atomic mass is 10.1. The summed E-state index contributed by atoms with van der Waals surface area (Å²) >= 11 is 6.10. The van der Waals surface area contributed by atoms with E-state index < -0.39 is 0 Å². The number of benzene rings is 1. The van der Waals surface area contributed by atoms with Crippen molar-refractivity contribution >= 4 is 28.5 Å². The fourth-order valence-electron chi connectivity index (χ4n) is 3.77. The first kappa shape index (κ1) is 17.8. The highest BCUT2D eigenvalue weighted by Crippen LogP contribution is 2.35. The minimum absolute atomic E-state index is 0.158. The Kier molecular flexibility index (Phi) is 4.28. The Morgan fingerprint density at radius 2 is 2.24 bits per heavy atom. The van der Waals surface area contributed by atoms with Crippen LogP contribution in [0.1, 0.15) is 40.8 Å². The van der Waals surface area contributed by atoms with E-state index in [0.717, 1.165) is 23.8 Å². The molecule has 9 heteroatoms. The van der Waals surface area contributed by atoms with Gasteiger partial charge in [0.1, 0.15) is 17.1 Å². The number of amides is 1. The van der Waals surface area contributed by atoms with Crippen LogP contribution in [0.15, 0.2) is 41.2 Å². The molecule has 1 saturated heterocycles. The van der Waals surface area contributed by atoms with Gasteiger partial charge < -0.3 is 9.32 Å². The van der Waals surface area contributed by atoms with Crippen molar-refractivity contribution in [3.8, 4) is 11.5 Å². The number of aromatic nitrogens is 5. The highest BCUT2D eigenvalue weighted by Gasteiger charge is 2.35. The van der Waals surface area contributed by atoms with Crippen LogP contribution in [-0.4, -0.2) is 42.5 Å². The Morgan fingerprint density at radius 3 is 3.07 bits per heavy atom. The third kappa shape index (κ3) is 3.05. The number of rotatable bonds is 3. The highest BCUT2D eigenvalue weighted by molar-refractivity contribution is 6.31. The van der Waals surface area contributed by atoms with Crippen molar-refractivity contribution in [2.24, 2.45) is 0 Å². The average molecular weight is 409 g/mol. The first-order valence-corrected chi connectivity index (χ1v) is 9.68. The SMILES string of the molecule is Cc1c(C(=O)N2CCCC2c2nc(-c3cnccn3)n[nH]2)oc2ccc(Cl)cc12. The van der Waals surface area contributed by atoms with Gasteiger partial charge in [0.15, 0.2) is 5.76 Å². The summed E-state index contributed by atoms with van der Waals surface area (Å²) in [7, 11) is 0. The highest BCUT2D eigenvalue weighted by atomic mass is 35.5. The number of H-pyrrole nitrogens is 1. The summed E-state index contributed by atoms with van der Waals surface area (Å²) in [5.74, 6) is 1.27. The second-order valence-electron chi connectivity index (χ2n) is 6.99. The molecule has 1 aliphatic heterocycles. The van der Waals surface area contributed by atoms with Gasteiger partial charge in [-0.25, -0.2) is 9.97 Å². The lowest BCUT2D eigenvalue weighted by molar-refractivity contribution is 0.0699. The van der Waals surface area contributed by atoms with Crippen LogP contribution in [0.3, 0.4) is 0 Å². The molecule has 8 nitrogen and oxygen atoms in total. The third-order valence-corrected chi connectivity index (χ3v) is 5.45. The number of nitrogens with zero attached hydrogens (tertiary/aromatic N) is 5. The maximum absolute atomic E-state index is 13.3. The van der Waals surface area contributed by atoms with Crippen molar-refractivity contribution in [1.82, 2.24) is 30.0 Å². The van der Waals surface area contributed by atoms with Crippen LogP contribution in [0.25, 0.3) is 22.5 Å². The number of carbonyl (C=O) groups is 1. The molecule has 5 rings (SSSR count). The van der Waals surface area contributed by atoms with Crippen LogP contribution in [0.2, 0.25) is 5.02 Å². The molecule has 0 aliphatic carbocycles. The van der Waals surface area contributed by atoms with E-state index in [-0.39, 0.29) is 11.9 Å². The minimum Gasteiger partial charge on any atom is -0.451 e. The van der Waals surface area contributed by atoms with Crippen LogP contribution in [0.5, 0.6) is 0 Å². The van der Waals surface area contributed by atoms with Gasteiger partial charge in [-0.3, -0.25) is 14.9 Å². The smallest absolute Gasteiger partial charge is 0.290 e. The number of carbonyl (C=O) groups excluding carboxylic acids is 1. The molecule has 146 valence electrons. The van der Waals surface area contributed by atoms with E-state index in [0.29, 0.717) is 40.3 Å². The maximum atomic E-state index is 13.3. The predicted octanol–water partition coefficient (Wildman–Crippen LogP) is 3.95. The van der Waals surface area contributed by atoms with Crippen LogP contribution < -0.4 is 0 Å². The fourth-order valence-corrected chi connectivity index (χ4v) is 3.95. The second-order valence-corrected chi connectivity index (χ2v) is 7.42. The molecule has 1 unspecified atom stereocenters. The second kappa shape index (κ2) is 6.97. The molecule has 1 aromatic carbocycles. The molecule has 1 amide bonds. The van der Waals surface area contributed by atoms with E-state index in [9.17, 15) is 4.79 Å². The van der Waals surface area contributed by atoms with Gasteiger partial charge in [-0.15, -0.1) is 0 Å². The van der Waals surface area contributed by atoms with E-state index in [1.54, 1.807) is 35.6 Å². The van der Waals surface area contributed by atoms with Crippen LogP contribution >= 0.6 is 11.6 Å². The molecule has 29 heavy (non-hydrogen) atoms. The number of halogens is 1. The standard InChI is InChI=1S/C20H17ClN6O2/c1-11-13-9-12(21)4-5-16(13)29-17(11)20(28)27-8-2-3-15(27)19-24-18(25-26-19)14-10-22-6-7-23-14/h4-7,9-10,15H,2-3,8H2,1H3,(H,24,25,26). The van der Waals surface area contributed by atoms with E-state index in [2.05, 4.69) is 25.1 Å². The maximum Gasteiger partial charge on any atom is 0.290 e. The van der Waals surface area contributed by atoms with Crippen molar-refractivity contribution in [1.29, 1.82) is 0 Å². The Labute approximate surface area is 170 Å². The number of fused-ring (bicyclic) bond motifs is 1. The Hall–Kier alpha value is -3.26. The third-order valence-electron chi connectivity index (χ3n) is 5.22. The monoisotopic (exact) mass is 408 g/mol. The summed E-state index contributed by atoms with van der Waals surface area (Å²) in [6.07, 6.45) is 6.46. The molecule has 3 aromatic heterocycles. The fraction of sp³-hybridized carbons (Fsp3) is 0.250. The first-order chi connectivity index (χ1) is 14.1. The average Bonchev–Trinajstić information content (AvgIpc) is 3.47. The van der Waals surface area contributed by atoms with Crippen LogP contribution in [0, 0.1) is 6.92 Å². The van der Waals surface area contributed by atoms with Gasteiger partial charge in [0, 0.05) is 34.9 Å². The number of nitrogens with one attached hydrogen (secondary N) is 1. The molecule has 0 spiro atoms. The summed E-state index contributed by atoms with van der Waals surface area (Å²) in [5.41, 5.74) is 2.02. The summed E-state index contributed by atoms with van der Waals surface area (Å²) in [6.45, 7) is 2.50. The Morgan fingerprint density at radius 1 is 1.34 bits per heavy atom. The topological polar surface area (TPSA) is 101 Å². The summed E-state index contributed by atoms with van der Waals surface area (Å²) in [5, 5.41) is 8.66. The van der Waals surface area contributed by atoms with Gasteiger partial charge in [-0.05, 0) is 38.0 Å². The Bertz CT molecular complexity index is 1200. The van der Waals surface area contributed by atoms with Crippen molar-refractivity contribution in [2.75, 3.05) is 6.54 Å². The molecular weight excluding hydrogens is 392 g/mol. The summed E-state index contributed by atoms with van der Waals surface area (Å²) in [6, 6.07) is 5.16. The van der Waals surface area contributed by atoms with Gasteiger partial charge in [0.25, 0.3) is 5.91 Å². The molecule has 1 N–H and O–H groups in total. The van der Waals surface area contributed by atoms with Crippen molar-refractivity contribution in [3.05, 3.63) is 59.0 Å². The molecule has 4 aromatic rings. The number of hydrogen-bond acceptors (Lipinski definition) is 6. The quantitative estimate of drug-likeness (QED) is 0.550. The van der Waals surface area contributed by atoms with E-state index in [4.69, 9.17) is 16.0 Å². The zero-order valence-electron chi connectivity index (χ0n) is 15.6. The number of furan rings is 1. The van der Waals surface area contributed by atoms with E-state index in [1.807, 2.05) is 13.0 Å². The minimum atomic E-state index is -0.198. The molecule has 1 atom stereocenters.